The first-order valence-corrected chi connectivity index (χ1v) is 8.94. The number of aryl methyl sites for hydroxylation is 2. The van der Waals surface area contributed by atoms with Crippen LogP contribution < -0.4 is 11.5 Å². The Morgan fingerprint density at radius 3 is 1.52 bits per heavy atom. The molecule has 124 valence electrons. The summed E-state index contributed by atoms with van der Waals surface area (Å²) in [5.41, 5.74) is 13.2. The Morgan fingerprint density at radius 1 is 0.783 bits per heavy atom. The number of hydrogen-bond donors (Lipinski definition) is 4. The lowest BCUT2D eigenvalue weighted by molar-refractivity contribution is 0.477. The second-order valence-corrected chi connectivity index (χ2v) is 7.74. The molecule has 0 fully saturated rings. The first-order valence-electron chi connectivity index (χ1n) is 7.12. The molecule has 2 aromatic rings. The summed E-state index contributed by atoms with van der Waals surface area (Å²) in [6.45, 7) is 0. The number of phenolic OH excluding ortho intramolecular Hbond substituents is 2. The van der Waals surface area contributed by atoms with Gasteiger partial charge in [0.1, 0.15) is 11.5 Å². The molecule has 23 heavy (non-hydrogen) atoms. The quantitative estimate of drug-likeness (QED) is 0.467. The minimum absolute atomic E-state index is 0.00474. The van der Waals surface area contributed by atoms with E-state index in [0.29, 0.717) is 12.8 Å². The summed E-state index contributed by atoms with van der Waals surface area (Å²) in [6, 6.07) is 9.37. The number of rotatable bonds is 6. The van der Waals surface area contributed by atoms with E-state index in [9.17, 15) is 18.6 Å². The minimum Gasteiger partial charge on any atom is -0.506 e. The van der Waals surface area contributed by atoms with Crippen LogP contribution in [0, 0.1) is 0 Å². The SMILES string of the molecule is Nc1cc(CCS(=O)(=O)CCc2ccc(O)c(N)c2)ccc1O. The van der Waals surface area contributed by atoms with Crippen molar-refractivity contribution in [1.82, 2.24) is 0 Å². The lowest BCUT2D eigenvalue weighted by atomic mass is 10.1. The van der Waals surface area contributed by atoms with Crippen LogP contribution in [-0.4, -0.2) is 30.1 Å². The van der Waals surface area contributed by atoms with Gasteiger partial charge >= 0.3 is 0 Å². The van der Waals surface area contributed by atoms with Crippen LogP contribution in [0.3, 0.4) is 0 Å². The maximum Gasteiger partial charge on any atom is 0.150 e. The zero-order valence-electron chi connectivity index (χ0n) is 12.6. The first kappa shape index (κ1) is 17.0. The van der Waals surface area contributed by atoms with Crippen LogP contribution in [0.4, 0.5) is 11.4 Å². The van der Waals surface area contributed by atoms with Gasteiger partial charge < -0.3 is 21.7 Å². The maximum absolute atomic E-state index is 12.1. The third-order valence-electron chi connectivity index (χ3n) is 3.59. The van der Waals surface area contributed by atoms with Crippen LogP contribution in [0.2, 0.25) is 0 Å². The van der Waals surface area contributed by atoms with Crippen LogP contribution in [0.15, 0.2) is 36.4 Å². The third kappa shape index (κ3) is 4.79. The second kappa shape index (κ2) is 6.78. The molecule has 0 saturated heterocycles. The van der Waals surface area contributed by atoms with E-state index in [1.54, 1.807) is 24.3 Å². The number of phenols is 2. The van der Waals surface area contributed by atoms with Crippen molar-refractivity contribution >= 4 is 21.2 Å². The Morgan fingerprint density at radius 2 is 1.17 bits per heavy atom. The zero-order chi connectivity index (χ0) is 17.0. The van der Waals surface area contributed by atoms with Crippen LogP contribution in [0.25, 0.3) is 0 Å². The summed E-state index contributed by atoms with van der Waals surface area (Å²) in [5.74, 6) is -0.0155. The maximum atomic E-state index is 12.1. The molecule has 0 aliphatic heterocycles. The van der Waals surface area contributed by atoms with Gasteiger partial charge in [0.2, 0.25) is 0 Å². The first-order chi connectivity index (χ1) is 10.8. The molecule has 6 nitrogen and oxygen atoms in total. The molecular formula is C16H20N2O4S. The van der Waals surface area contributed by atoms with Crippen molar-refractivity contribution in [1.29, 1.82) is 0 Å². The highest BCUT2D eigenvalue weighted by molar-refractivity contribution is 7.91. The highest BCUT2D eigenvalue weighted by Crippen LogP contribution is 2.22. The van der Waals surface area contributed by atoms with E-state index in [0.717, 1.165) is 11.1 Å². The molecule has 0 unspecified atom stereocenters. The van der Waals surface area contributed by atoms with Crippen molar-refractivity contribution < 1.29 is 18.6 Å². The van der Waals surface area contributed by atoms with Gasteiger partial charge in [-0.15, -0.1) is 0 Å². The molecule has 0 amide bonds. The third-order valence-corrected chi connectivity index (χ3v) is 5.24. The zero-order valence-corrected chi connectivity index (χ0v) is 13.4. The number of nitrogens with two attached hydrogens (primary N) is 2. The van der Waals surface area contributed by atoms with Gasteiger partial charge in [0.15, 0.2) is 9.84 Å². The lowest BCUT2D eigenvalue weighted by Gasteiger charge is -2.07. The molecule has 2 aromatic carbocycles. The lowest BCUT2D eigenvalue weighted by Crippen LogP contribution is -2.15. The average molecular weight is 336 g/mol. The Kier molecular flexibility index (Phi) is 5.00. The highest BCUT2D eigenvalue weighted by Gasteiger charge is 2.12. The monoisotopic (exact) mass is 336 g/mol. The molecule has 2 rings (SSSR count). The largest absolute Gasteiger partial charge is 0.506 e. The van der Waals surface area contributed by atoms with E-state index in [-0.39, 0.29) is 34.4 Å². The molecule has 0 aliphatic rings. The molecule has 0 aromatic heterocycles. The Bertz CT molecular complexity index is 742. The molecule has 0 aliphatic carbocycles. The molecule has 0 heterocycles. The van der Waals surface area contributed by atoms with Gasteiger partial charge in [-0.2, -0.15) is 0 Å². The molecule has 0 atom stereocenters. The van der Waals surface area contributed by atoms with Crippen LogP contribution in [0.1, 0.15) is 11.1 Å². The summed E-state index contributed by atoms with van der Waals surface area (Å²) < 4.78 is 24.2. The van der Waals surface area contributed by atoms with Gasteiger partial charge in [-0.25, -0.2) is 8.42 Å². The fraction of sp³-hybridized carbons (Fsp3) is 0.250. The van der Waals surface area contributed by atoms with Gasteiger partial charge in [0.05, 0.1) is 22.9 Å². The van der Waals surface area contributed by atoms with Crippen molar-refractivity contribution in [3.63, 3.8) is 0 Å². The summed E-state index contributed by atoms with van der Waals surface area (Å²) in [5, 5.41) is 18.7. The van der Waals surface area contributed by atoms with Crippen molar-refractivity contribution in [2.45, 2.75) is 12.8 Å². The number of nitrogen functional groups attached to an aromatic ring is 2. The molecule has 0 saturated carbocycles. The van der Waals surface area contributed by atoms with Gasteiger partial charge in [0.25, 0.3) is 0 Å². The van der Waals surface area contributed by atoms with E-state index in [1.165, 1.54) is 12.1 Å². The summed E-state index contributed by atoms with van der Waals surface area (Å²) >= 11 is 0. The average Bonchev–Trinajstić information content (AvgIpc) is 2.50. The standard InChI is InChI=1S/C16H20N2O4S/c17-13-9-11(1-3-15(13)19)5-7-23(21,22)8-6-12-2-4-16(20)14(18)10-12/h1-4,9-10,19-20H,5-8,17-18H2. The van der Waals surface area contributed by atoms with Gasteiger partial charge in [0, 0.05) is 0 Å². The van der Waals surface area contributed by atoms with Crippen LogP contribution >= 0.6 is 0 Å². The summed E-state index contributed by atoms with van der Waals surface area (Å²) in [6.07, 6.45) is 0.676. The van der Waals surface area contributed by atoms with E-state index >= 15 is 0 Å². The smallest absolute Gasteiger partial charge is 0.150 e. The number of aromatic hydroxyl groups is 2. The van der Waals surface area contributed by atoms with E-state index in [1.807, 2.05) is 0 Å². The molecule has 0 radical (unpaired) electrons. The van der Waals surface area contributed by atoms with Crippen molar-refractivity contribution in [2.75, 3.05) is 23.0 Å². The second-order valence-electron chi connectivity index (χ2n) is 5.44. The summed E-state index contributed by atoms with van der Waals surface area (Å²) in [4.78, 5) is 0. The van der Waals surface area contributed by atoms with E-state index in [4.69, 9.17) is 11.5 Å². The Hall–Kier alpha value is -2.41. The number of hydrogen-bond acceptors (Lipinski definition) is 6. The minimum atomic E-state index is -3.23. The predicted octanol–water partition coefficient (Wildman–Crippen LogP) is 1.46. The summed E-state index contributed by atoms with van der Waals surface area (Å²) in [7, 11) is -3.23. The van der Waals surface area contributed by atoms with E-state index in [2.05, 4.69) is 0 Å². The highest BCUT2D eigenvalue weighted by atomic mass is 32.2. The van der Waals surface area contributed by atoms with E-state index < -0.39 is 9.84 Å². The van der Waals surface area contributed by atoms with Gasteiger partial charge in [-0.1, -0.05) is 12.1 Å². The van der Waals surface area contributed by atoms with Crippen molar-refractivity contribution in [3.8, 4) is 11.5 Å². The van der Waals surface area contributed by atoms with Gasteiger partial charge in [-0.3, -0.25) is 0 Å². The Balaban J connectivity index is 1.93. The molecule has 0 spiro atoms. The molecular weight excluding hydrogens is 316 g/mol. The van der Waals surface area contributed by atoms with Crippen LogP contribution in [-0.2, 0) is 22.7 Å². The molecule has 6 N–H and O–H groups in total. The number of anilines is 2. The fourth-order valence-electron chi connectivity index (χ4n) is 2.17. The number of sulfone groups is 1. The number of benzene rings is 2. The van der Waals surface area contributed by atoms with Crippen molar-refractivity contribution in [3.05, 3.63) is 47.5 Å². The topological polar surface area (TPSA) is 127 Å². The van der Waals surface area contributed by atoms with Crippen molar-refractivity contribution in [2.24, 2.45) is 0 Å². The fourth-order valence-corrected chi connectivity index (χ4v) is 3.47. The van der Waals surface area contributed by atoms with Crippen LogP contribution in [0.5, 0.6) is 11.5 Å². The van der Waals surface area contributed by atoms with Gasteiger partial charge in [-0.05, 0) is 48.2 Å². The predicted molar refractivity (Wildman–Crippen MR) is 91.1 cm³/mol. The normalized spacial score (nSPS) is 11.5. The molecule has 7 heteroatoms. The Labute approximate surface area is 135 Å². The molecule has 0 bridgehead atoms.